The van der Waals surface area contributed by atoms with Gasteiger partial charge in [-0.2, -0.15) is 21.0 Å². The Balaban J connectivity index is 1.04. The SMILES string of the molecule is CCCCN(CCCC)c1ccc(C2=C(O)C(/C=C3/N(CCOC(=O)CCC(=O)Oc4ccc5c(=C(C#N)C#N)c6cc(O)ccc6c(=C(C#N)C#N)c5c4)c4ccccc4C3(C)C)C2=O)cc1. The summed E-state index contributed by atoms with van der Waals surface area (Å²) < 4.78 is 11.2. The summed E-state index contributed by atoms with van der Waals surface area (Å²) in [5.41, 5.74) is 3.62. The molecule has 1 atom stereocenters. The van der Waals surface area contributed by atoms with Crippen molar-refractivity contribution in [2.45, 2.75) is 71.6 Å². The number of carbonyl (C=O) groups excluding carboxylic acids is 3. The molecule has 68 heavy (non-hydrogen) atoms. The number of aliphatic hydroxyl groups excluding tert-OH is 1. The molecule has 0 amide bonds. The van der Waals surface area contributed by atoms with Crippen LogP contribution in [-0.4, -0.2) is 54.2 Å². The number of para-hydroxylation sites is 1. The number of rotatable bonds is 16. The van der Waals surface area contributed by atoms with Crippen LogP contribution in [0.5, 0.6) is 11.5 Å². The van der Waals surface area contributed by atoms with E-state index >= 15 is 0 Å². The Labute approximate surface area is 394 Å². The van der Waals surface area contributed by atoms with Gasteiger partial charge in [0.2, 0.25) is 0 Å². The number of nitrogens with zero attached hydrogens (tertiary/aromatic N) is 6. The first kappa shape index (κ1) is 47.6. The number of phenols is 1. The summed E-state index contributed by atoms with van der Waals surface area (Å²) in [6.45, 7) is 10.5. The standard InChI is InChI=1S/C55H50N6O7/c1-5-7-23-60(24-8-6-2)37-15-13-34(14-16-37)52-53(65)44(54(52)66)29-47-55(3,4)45-11-9-10-12-46(45)61(47)25-26-67-48(63)21-22-49(64)68-39-18-20-41-43(28-39)51(36(32-58)33-59)40-19-17-38(62)27-42(40)50(41)35(30-56)31-57/h9-20,27-29,44,62,65H,5-8,21-26H2,1-4H3/b47-29+. The minimum absolute atomic E-state index is 0.00988. The first-order chi connectivity index (χ1) is 32.8. The van der Waals surface area contributed by atoms with Crippen molar-refractivity contribution in [2.75, 3.05) is 36.0 Å². The minimum Gasteiger partial charge on any atom is -0.510 e. The Morgan fingerprint density at radius 2 is 1.35 bits per heavy atom. The highest BCUT2D eigenvalue weighted by atomic mass is 16.5. The number of allylic oxidation sites excluding steroid dienone is 3. The Bertz CT molecular complexity index is 3190. The number of hydrogen-bond donors (Lipinski definition) is 2. The van der Waals surface area contributed by atoms with Gasteiger partial charge in [0.15, 0.2) is 5.78 Å². The third-order valence-corrected chi connectivity index (χ3v) is 12.6. The molecular weight excluding hydrogens is 857 g/mol. The molecule has 1 heterocycles. The monoisotopic (exact) mass is 906 g/mol. The quantitative estimate of drug-likeness (QED) is 0.0540. The van der Waals surface area contributed by atoms with Crippen LogP contribution in [-0.2, 0) is 24.5 Å². The predicted octanol–water partition coefficient (Wildman–Crippen LogP) is 8.58. The zero-order chi connectivity index (χ0) is 48.7. The van der Waals surface area contributed by atoms with E-state index in [1.54, 1.807) is 6.08 Å². The second kappa shape index (κ2) is 20.4. The van der Waals surface area contributed by atoms with E-state index in [2.05, 4.69) is 18.7 Å². The average Bonchev–Trinajstić information content (AvgIpc) is 3.55. The first-order valence-corrected chi connectivity index (χ1v) is 22.7. The topological polar surface area (TPSA) is 212 Å². The lowest BCUT2D eigenvalue weighted by Crippen LogP contribution is -2.34. The van der Waals surface area contributed by atoms with Gasteiger partial charge in [0.1, 0.15) is 65.2 Å². The van der Waals surface area contributed by atoms with E-state index in [0.717, 1.165) is 61.4 Å². The second-order valence-corrected chi connectivity index (χ2v) is 17.3. The van der Waals surface area contributed by atoms with Crippen LogP contribution < -0.4 is 25.0 Å². The molecule has 1 aliphatic heterocycles. The van der Waals surface area contributed by atoms with Crippen molar-refractivity contribution in [3.63, 3.8) is 0 Å². The van der Waals surface area contributed by atoms with Crippen molar-refractivity contribution >= 4 is 67.4 Å². The molecule has 5 aromatic rings. The van der Waals surface area contributed by atoms with Crippen LogP contribution in [0, 0.1) is 51.2 Å². The number of ether oxygens (including phenoxy) is 2. The summed E-state index contributed by atoms with van der Waals surface area (Å²) in [7, 11) is 0. The Morgan fingerprint density at radius 3 is 1.96 bits per heavy atom. The van der Waals surface area contributed by atoms with Crippen molar-refractivity contribution in [3.05, 3.63) is 124 Å². The maximum atomic E-state index is 13.8. The summed E-state index contributed by atoms with van der Waals surface area (Å²) in [5, 5.41) is 62.6. The number of ketones is 1. The van der Waals surface area contributed by atoms with Crippen molar-refractivity contribution in [3.8, 4) is 35.8 Å². The highest BCUT2D eigenvalue weighted by Crippen LogP contribution is 2.49. The summed E-state index contributed by atoms with van der Waals surface area (Å²) >= 11 is 0. The van der Waals surface area contributed by atoms with E-state index in [0.29, 0.717) is 21.9 Å². The fraction of sp³-hybridized carbons (Fsp3) is 0.291. The van der Waals surface area contributed by atoms with Gasteiger partial charge in [-0.05, 0) is 106 Å². The zero-order valence-electron chi connectivity index (χ0n) is 38.4. The number of carbonyl (C=O) groups is 3. The van der Waals surface area contributed by atoms with Gasteiger partial charge >= 0.3 is 11.9 Å². The molecule has 0 radical (unpaired) electrons. The van der Waals surface area contributed by atoms with Gasteiger partial charge < -0.3 is 29.5 Å². The fourth-order valence-corrected chi connectivity index (χ4v) is 9.16. The lowest BCUT2D eigenvalue weighted by molar-refractivity contribution is -0.146. The van der Waals surface area contributed by atoms with Gasteiger partial charge in [-0.15, -0.1) is 0 Å². The maximum absolute atomic E-state index is 13.8. The van der Waals surface area contributed by atoms with Gasteiger partial charge in [0, 0.05) is 46.0 Å². The van der Waals surface area contributed by atoms with Gasteiger partial charge in [0.25, 0.3) is 0 Å². The van der Waals surface area contributed by atoms with E-state index in [4.69, 9.17) is 9.47 Å². The van der Waals surface area contributed by atoms with Crippen LogP contribution >= 0.6 is 0 Å². The number of esters is 2. The lowest BCUT2D eigenvalue weighted by Gasteiger charge is -2.32. The van der Waals surface area contributed by atoms with E-state index in [-0.39, 0.29) is 81.4 Å². The highest BCUT2D eigenvalue weighted by molar-refractivity contribution is 6.30. The van der Waals surface area contributed by atoms with Gasteiger partial charge in [-0.3, -0.25) is 14.4 Å². The number of unbranched alkanes of at least 4 members (excludes halogenated alkanes) is 2. The number of fused-ring (bicyclic) bond motifs is 3. The number of hydrogen-bond acceptors (Lipinski definition) is 13. The molecule has 2 aliphatic rings. The van der Waals surface area contributed by atoms with Gasteiger partial charge in [0.05, 0.1) is 25.0 Å². The van der Waals surface area contributed by atoms with Crippen LogP contribution in [0.2, 0.25) is 0 Å². The summed E-state index contributed by atoms with van der Waals surface area (Å²) in [4.78, 5) is 44.3. The van der Waals surface area contributed by atoms with E-state index in [1.165, 1.54) is 36.4 Å². The Kier molecular flexibility index (Phi) is 14.3. The van der Waals surface area contributed by atoms with E-state index in [1.807, 2.05) is 91.6 Å². The number of Topliss-reactive ketones (excluding diaryl/α,β-unsaturated/α-hetero) is 1. The Hall–Kier alpha value is -8.39. The normalized spacial score (nSPS) is 15.2. The van der Waals surface area contributed by atoms with E-state index < -0.39 is 23.3 Å². The second-order valence-electron chi connectivity index (χ2n) is 17.3. The number of benzene rings is 5. The van der Waals surface area contributed by atoms with Crippen LogP contribution in [0.3, 0.4) is 0 Å². The molecule has 13 heteroatoms. The summed E-state index contributed by atoms with van der Waals surface area (Å²) in [6.07, 6.45) is 5.52. The molecule has 1 unspecified atom stereocenters. The molecule has 0 fully saturated rings. The predicted molar refractivity (Wildman–Crippen MR) is 259 cm³/mol. The van der Waals surface area contributed by atoms with Crippen LogP contribution in [0.1, 0.15) is 77.3 Å². The van der Waals surface area contributed by atoms with E-state index in [9.17, 15) is 45.6 Å². The number of anilines is 2. The van der Waals surface area contributed by atoms with Crippen LogP contribution in [0.15, 0.2) is 102 Å². The number of aromatic hydroxyl groups is 1. The molecule has 1 aliphatic carbocycles. The molecule has 7 rings (SSSR count). The van der Waals surface area contributed by atoms with Crippen LogP contribution in [0.25, 0.3) is 38.3 Å². The molecule has 0 saturated carbocycles. The maximum Gasteiger partial charge on any atom is 0.311 e. The van der Waals surface area contributed by atoms with Gasteiger partial charge in [-0.1, -0.05) is 70.9 Å². The number of phenolic OH excluding ortho intramolecular Hbond substituents is 1. The van der Waals surface area contributed by atoms with Crippen LogP contribution in [0.4, 0.5) is 11.4 Å². The van der Waals surface area contributed by atoms with Gasteiger partial charge in [-0.25, -0.2) is 0 Å². The van der Waals surface area contributed by atoms with Crippen molar-refractivity contribution in [1.29, 1.82) is 21.0 Å². The molecule has 342 valence electrons. The molecule has 0 bridgehead atoms. The molecular formula is C55H50N6O7. The largest absolute Gasteiger partial charge is 0.510 e. The van der Waals surface area contributed by atoms with Crippen molar-refractivity contribution in [1.82, 2.24) is 0 Å². The number of nitriles is 4. The third-order valence-electron chi connectivity index (χ3n) is 12.6. The molecule has 0 aromatic heterocycles. The summed E-state index contributed by atoms with van der Waals surface area (Å²) in [5.74, 6) is -2.58. The highest BCUT2D eigenvalue weighted by Gasteiger charge is 2.45. The molecule has 13 nitrogen and oxygen atoms in total. The molecule has 2 N–H and O–H groups in total. The zero-order valence-corrected chi connectivity index (χ0v) is 38.4. The minimum atomic E-state index is -0.844. The van der Waals surface area contributed by atoms with Crippen molar-refractivity contribution < 1.29 is 34.1 Å². The third kappa shape index (κ3) is 9.21. The average molecular weight is 907 g/mol. The molecule has 5 aromatic carbocycles. The molecule has 0 spiro atoms. The summed E-state index contributed by atoms with van der Waals surface area (Å²) in [6, 6.07) is 31.7. The first-order valence-electron chi connectivity index (χ1n) is 22.7. The smallest absolute Gasteiger partial charge is 0.311 e. The molecule has 0 saturated heterocycles. The lowest BCUT2D eigenvalue weighted by atomic mass is 9.75. The fourth-order valence-electron chi connectivity index (χ4n) is 9.16. The number of aliphatic hydroxyl groups is 1. The van der Waals surface area contributed by atoms with Crippen molar-refractivity contribution in [2.24, 2.45) is 5.92 Å². The Morgan fingerprint density at radius 1 is 0.765 bits per heavy atom.